The highest BCUT2D eigenvalue weighted by atomic mass is 32.2. The van der Waals surface area contributed by atoms with Crippen LogP contribution in [0.5, 0.6) is 5.75 Å². The first-order valence-corrected chi connectivity index (χ1v) is 12.3. The van der Waals surface area contributed by atoms with Gasteiger partial charge in [-0.25, -0.2) is 18.0 Å². The molecule has 0 bridgehead atoms. The van der Waals surface area contributed by atoms with Gasteiger partial charge < -0.3 is 9.15 Å². The molecule has 1 aromatic heterocycles. The van der Waals surface area contributed by atoms with Crippen LogP contribution in [0, 0.1) is 0 Å². The Hall–Kier alpha value is -3.43. The Labute approximate surface area is 194 Å². The van der Waals surface area contributed by atoms with Crippen LogP contribution < -0.4 is 14.0 Å². The highest BCUT2D eigenvalue weighted by Crippen LogP contribution is 2.31. The maximum atomic E-state index is 13.6. The second kappa shape index (κ2) is 8.49. The predicted molar refractivity (Wildman–Crippen MR) is 128 cm³/mol. The van der Waals surface area contributed by atoms with Gasteiger partial charge in [0.1, 0.15) is 11.3 Å². The van der Waals surface area contributed by atoms with Gasteiger partial charge in [-0.1, -0.05) is 62.4 Å². The smallest absolute Gasteiger partial charge is 0.414 e. The zero-order valence-electron chi connectivity index (χ0n) is 18.1. The van der Waals surface area contributed by atoms with Gasteiger partial charge in [0.25, 0.3) is 10.0 Å². The van der Waals surface area contributed by atoms with E-state index in [9.17, 15) is 18.0 Å². The maximum absolute atomic E-state index is 13.6. The summed E-state index contributed by atoms with van der Waals surface area (Å²) >= 11 is 0.815. The summed E-state index contributed by atoms with van der Waals surface area (Å²) in [5, 5.41) is 0. The number of ether oxygens (including phenoxy) is 1. The lowest BCUT2D eigenvalue weighted by Crippen LogP contribution is -2.39. The van der Waals surface area contributed by atoms with Crippen molar-refractivity contribution in [2.24, 2.45) is 0 Å². The van der Waals surface area contributed by atoms with Gasteiger partial charge in [-0.3, -0.25) is 0 Å². The number of para-hydroxylation sites is 1. The van der Waals surface area contributed by atoms with Crippen LogP contribution in [-0.2, 0) is 15.4 Å². The van der Waals surface area contributed by atoms with Crippen molar-refractivity contribution >= 4 is 43.4 Å². The van der Waals surface area contributed by atoms with Gasteiger partial charge in [0, 0.05) is 0 Å². The van der Waals surface area contributed by atoms with Gasteiger partial charge in [-0.05, 0) is 53.4 Å². The van der Waals surface area contributed by atoms with Crippen LogP contribution in [0.1, 0.15) is 26.3 Å². The van der Waals surface area contributed by atoms with E-state index < -0.39 is 21.1 Å². The molecule has 0 aliphatic rings. The number of sulfonamides is 1. The molecule has 0 spiro atoms. The van der Waals surface area contributed by atoms with Crippen molar-refractivity contribution in [3.63, 3.8) is 0 Å². The summed E-state index contributed by atoms with van der Waals surface area (Å²) in [6.45, 7) is 6.06. The van der Waals surface area contributed by atoms with Crippen LogP contribution in [-0.4, -0.2) is 14.5 Å². The van der Waals surface area contributed by atoms with Gasteiger partial charge in [0.15, 0.2) is 0 Å². The van der Waals surface area contributed by atoms with E-state index in [1.54, 1.807) is 42.5 Å². The van der Waals surface area contributed by atoms with E-state index in [0.717, 1.165) is 16.9 Å². The first-order chi connectivity index (χ1) is 15.6. The van der Waals surface area contributed by atoms with Crippen molar-refractivity contribution < 1.29 is 22.4 Å². The monoisotopic (exact) mass is 483 g/mol. The minimum absolute atomic E-state index is 0.0281. The molecule has 0 aliphatic carbocycles. The molecule has 0 saturated heterocycles. The third-order valence-corrected chi connectivity index (χ3v) is 7.42. The summed E-state index contributed by atoms with van der Waals surface area (Å²) in [6.07, 6.45) is -1.10. The topological polar surface area (TPSA) is 93.9 Å². The molecule has 0 aliphatic heterocycles. The molecule has 0 radical (unpaired) electrons. The molecule has 33 heavy (non-hydrogen) atoms. The number of hydrogen-bond acceptors (Lipinski definition) is 7. The molecular formula is C24H21NO6S2. The number of benzene rings is 3. The number of rotatable bonds is 4. The number of carbonyl (C=O) groups is 1. The van der Waals surface area contributed by atoms with E-state index in [2.05, 4.69) is 0 Å². The molecule has 1 heterocycles. The second-order valence-electron chi connectivity index (χ2n) is 8.31. The van der Waals surface area contributed by atoms with E-state index in [-0.39, 0.29) is 21.7 Å². The van der Waals surface area contributed by atoms with Crippen molar-refractivity contribution in [2.75, 3.05) is 4.31 Å². The second-order valence-corrected chi connectivity index (χ2v) is 11.1. The predicted octanol–water partition coefficient (Wildman–Crippen LogP) is 5.55. The SMILES string of the molecule is CC(C)(C)c1ccc(S(=O)(=O)N(C(=O)Oc2ccccc2)c2ccc3oc(=O)sc3c2)cc1. The first kappa shape index (κ1) is 22.8. The third kappa shape index (κ3) is 4.69. The lowest BCUT2D eigenvalue weighted by atomic mass is 9.87. The van der Waals surface area contributed by atoms with Crippen molar-refractivity contribution in [2.45, 2.75) is 31.1 Å². The Morgan fingerprint density at radius 1 is 0.970 bits per heavy atom. The molecule has 0 atom stereocenters. The van der Waals surface area contributed by atoms with Crippen molar-refractivity contribution in [3.05, 3.63) is 88.1 Å². The standard InChI is InChI=1S/C24H21NO6S2/c1-24(2,3)16-9-12-19(13-10-16)33(28,29)25(22(26)30-18-7-5-4-6-8-18)17-11-14-20-21(15-17)32-23(27)31-20/h4-15H,1-3H3. The fraction of sp³-hybridized carbons (Fsp3) is 0.167. The number of carbonyl (C=O) groups excluding carboxylic acids is 1. The van der Waals surface area contributed by atoms with E-state index in [4.69, 9.17) is 9.15 Å². The van der Waals surface area contributed by atoms with Crippen LogP contribution in [0.2, 0.25) is 0 Å². The summed E-state index contributed by atoms with van der Waals surface area (Å²) in [7, 11) is -4.34. The van der Waals surface area contributed by atoms with Crippen LogP contribution in [0.25, 0.3) is 10.3 Å². The Kier molecular flexibility index (Phi) is 5.85. The zero-order chi connectivity index (χ0) is 23.8. The van der Waals surface area contributed by atoms with Crippen molar-refractivity contribution in [1.82, 2.24) is 0 Å². The van der Waals surface area contributed by atoms with Gasteiger partial charge in [-0.15, -0.1) is 0 Å². The normalized spacial score (nSPS) is 12.0. The lowest BCUT2D eigenvalue weighted by molar-refractivity contribution is 0.211. The molecule has 0 N–H and O–H groups in total. The summed E-state index contributed by atoms with van der Waals surface area (Å²) in [6, 6.07) is 18.8. The fourth-order valence-electron chi connectivity index (χ4n) is 3.19. The summed E-state index contributed by atoms with van der Waals surface area (Å²) in [5.74, 6) is 0.194. The summed E-state index contributed by atoms with van der Waals surface area (Å²) in [5.41, 5.74) is 1.11. The molecule has 4 aromatic rings. The minimum Gasteiger partial charge on any atom is -0.414 e. The highest BCUT2D eigenvalue weighted by molar-refractivity contribution is 7.93. The van der Waals surface area contributed by atoms with Gasteiger partial charge in [0.2, 0.25) is 0 Å². The third-order valence-electron chi connectivity index (χ3n) is 4.92. The van der Waals surface area contributed by atoms with Gasteiger partial charge in [-0.2, -0.15) is 4.31 Å². The molecule has 3 aromatic carbocycles. The van der Waals surface area contributed by atoms with Crippen LogP contribution in [0.15, 0.2) is 86.9 Å². The average Bonchev–Trinajstić information content (AvgIpc) is 3.13. The van der Waals surface area contributed by atoms with Crippen molar-refractivity contribution in [1.29, 1.82) is 0 Å². The Morgan fingerprint density at radius 3 is 2.27 bits per heavy atom. The van der Waals surface area contributed by atoms with Gasteiger partial charge in [0.05, 0.1) is 15.3 Å². The minimum atomic E-state index is -4.34. The number of nitrogens with zero attached hydrogens (tertiary/aromatic N) is 1. The molecule has 170 valence electrons. The number of amides is 1. The Balaban J connectivity index is 1.81. The molecule has 0 unspecified atom stereocenters. The molecule has 9 heteroatoms. The maximum Gasteiger partial charge on any atom is 0.434 e. The van der Waals surface area contributed by atoms with Gasteiger partial charge >= 0.3 is 11.0 Å². The van der Waals surface area contributed by atoms with Crippen molar-refractivity contribution in [3.8, 4) is 5.75 Å². The fourth-order valence-corrected chi connectivity index (χ4v) is 5.21. The zero-order valence-corrected chi connectivity index (χ0v) is 19.8. The molecular weight excluding hydrogens is 462 g/mol. The first-order valence-electron chi connectivity index (χ1n) is 10.0. The Bertz CT molecular complexity index is 1460. The van der Waals surface area contributed by atoms with Crippen LogP contribution >= 0.6 is 11.3 Å². The molecule has 1 amide bonds. The largest absolute Gasteiger partial charge is 0.434 e. The van der Waals surface area contributed by atoms with Crippen LogP contribution in [0.4, 0.5) is 10.5 Å². The molecule has 0 saturated carbocycles. The highest BCUT2D eigenvalue weighted by Gasteiger charge is 2.33. The Morgan fingerprint density at radius 2 is 1.64 bits per heavy atom. The number of fused-ring (bicyclic) bond motifs is 1. The molecule has 0 fully saturated rings. The quantitative estimate of drug-likeness (QED) is 0.378. The van der Waals surface area contributed by atoms with E-state index >= 15 is 0 Å². The summed E-state index contributed by atoms with van der Waals surface area (Å²) in [4.78, 5) is 24.2. The lowest BCUT2D eigenvalue weighted by Gasteiger charge is -2.23. The number of anilines is 1. The average molecular weight is 484 g/mol. The van der Waals surface area contributed by atoms with Crippen LogP contribution in [0.3, 0.4) is 0 Å². The van der Waals surface area contributed by atoms with E-state index in [1.165, 1.54) is 30.3 Å². The van der Waals surface area contributed by atoms with E-state index in [0.29, 0.717) is 14.6 Å². The molecule has 4 rings (SSSR count). The summed E-state index contributed by atoms with van der Waals surface area (Å²) < 4.78 is 38.6. The number of hydrogen-bond donors (Lipinski definition) is 0. The molecule has 7 nitrogen and oxygen atoms in total. The van der Waals surface area contributed by atoms with E-state index in [1.807, 2.05) is 20.8 Å².